The summed E-state index contributed by atoms with van der Waals surface area (Å²) in [5.41, 5.74) is 0.117. The smallest absolute Gasteiger partial charge is 0.352 e. The minimum atomic E-state index is -0.570. The van der Waals surface area contributed by atoms with Crippen molar-refractivity contribution in [3.8, 4) is 5.75 Å². The number of carbonyl (C=O) groups is 2. The Kier molecular flexibility index (Phi) is 6.41. The molecule has 1 aliphatic rings. The number of Topliss-reactive ketones (excluding diaryl/α,β-unsaturated/α-hetero) is 1. The third-order valence-corrected chi connectivity index (χ3v) is 6.88. The van der Waals surface area contributed by atoms with E-state index in [1.165, 1.54) is 16.1 Å². The van der Waals surface area contributed by atoms with Crippen LogP contribution >= 0.6 is 0 Å². The van der Waals surface area contributed by atoms with Gasteiger partial charge in [-0.15, -0.1) is 5.10 Å². The monoisotopic (exact) mass is 503 g/mol. The molecule has 1 N–H and O–H groups in total. The maximum atomic E-state index is 13.5. The Morgan fingerprint density at radius 2 is 1.84 bits per heavy atom. The summed E-state index contributed by atoms with van der Waals surface area (Å²) in [5, 5.41) is 7.72. The molecule has 1 amide bonds. The summed E-state index contributed by atoms with van der Waals surface area (Å²) in [7, 11) is 1.51. The van der Waals surface area contributed by atoms with Gasteiger partial charge in [-0.25, -0.2) is 13.9 Å². The largest absolute Gasteiger partial charge is 0.497 e. The number of fused-ring (bicyclic) bond motifs is 3. The highest BCUT2D eigenvalue weighted by Gasteiger charge is 2.23. The van der Waals surface area contributed by atoms with Crippen LogP contribution in [0.25, 0.3) is 16.7 Å². The maximum Gasteiger partial charge on any atom is 0.352 e. The molecule has 0 unspecified atom stereocenters. The lowest BCUT2D eigenvalue weighted by molar-refractivity contribution is 0.0936. The molecule has 10 nitrogen and oxygen atoms in total. The lowest BCUT2D eigenvalue weighted by Crippen LogP contribution is -2.33. The lowest BCUT2D eigenvalue weighted by atomic mass is 10.1. The van der Waals surface area contributed by atoms with Crippen LogP contribution in [-0.4, -0.2) is 43.6 Å². The zero-order chi connectivity index (χ0) is 26.3. The topological polar surface area (TPSA) is 117 Å². The third-order valence-electron chi connectivity index (χ3n) is 6.88. The molecule has 2 aromatic carbocycles. The van der Waals surface area contributed by atoms with Gasteiger partial charge >= 0.3 is 5.69 Å². The molecule has 0 atom stereocenters. The number of hydrogen-bond acceptors (Lipinski definition) is 6. The molecule has 37 heavy (non-hydrogen) atoms. The van der Waals surface area contributed by atoms with Gasteiger partial charge in [-0.3, -0.25) is 19.0 Å². The first-order valence-electron chi connectivity index (χ1n) is 12.4. The summed E-state index contributed by atoms with van der Waals surface area (Å²) in [4.78, 5) is 52.9. The van der Waals surface area contributed by atoms with Crippen molar-refractivity contribution in [3.05, 3.63) is 74.4 Å². The van der Waals surface area contributed by atoms with E-state index in [2.05, 4.69) is 10.4 Å². The van der Waals surface area contributed by atoms with Crippen molar-refractivity contribution in [3.63, 3.8) is 0 Å². The number of nitrogens with zero attached hydrogens (tertiary/aromatic N) is 4. The van der Waals surface area contributed by atoms with Crippen LogP contribution in [0, 0.1) is 0 Å². The first kappa shape index (κ1) is 24.5. The molecule has 5 rings (SSSR count). The Hall–Kier alpha value is -4.21. The van der Waals surface area contributed by atoms with E-state index in [1.54, 1.807) is 42.5 Å². The molecular formula is C27H29N5O5. The summed E-state index contributed by atoms with van der Waals surface area (Å²) in [5.74, 6) is 0.0629. The molecule has 2 aromatic heterocycles. The number of ketones is 1. The molecule has 0 spiro atoms. The second-order valence-electron chi connectivity index (χ2n) is 9.69. The first-order chi connectivity index (χ1) is 17.8. The molecule has 192 valence electrons. The number of amides is 1. The van der Waals surface area contributed by atoms with Crippen molar-refractivity contribution >= 4 is 28.4 Å². The standard InChI is InChI=1S/C27H29N5O5/c1-16(2)31-25(35)21-12-11-18(24(34)28-19-8-4-5-9-19)14-22(21)32-26(31)29-30(27(32)36)15-23(33)17-7-6-10-20(13-17)37-3/h6-7,10-14,16,19H,4-5,8-9,15H2,1-3H3,(H,28,34). The zero-order valence-corrected chi connectivity index (χ0v) is 21.1. The van der Waals surface area contributed by atoms with Gasteiger partial charge in [-0.05, 0) is 57.0 Å². The van der Waals surface area contributed by atoms with Gasteiger partial charge in [0.15, 0.2) is 5.78 Å². The third kappa shape index (κ3) is 4.43. The van der Waals surface area contributed by atoms with Crippen molar-refractivity contribution in [2.45, 2.75) is 58.2 Å². The van der Waals surface area contributed by atoms with Crippen LogP contribution in [0.5, 0.6) is 5.75 Å². The minimum absolute atomic E-state index is 0.115. The van der Waals surface area contributed by atoms with Crippen molar-refractivity contribution in [1.29, 1.82) is 0 Å². The molecule has 2 heterocycles. The normalized spacial score (nSPS) is 14.1. The number of aromatic nitrogens is 4. The number of benzene rings is 2. The van der Waals surface area contributed by atoms with Gasteiger partial charge in [0.05, 0.1) is 18.0 Å². The van der Waals surface area contributed by atoms with Crippen LogP contribution in [0.1, 0.15) is 66.3 Å². The van der Waals surface area contributed by atoms with E-state index in [1.807, 2.05) is 13.8 Å². The predicted octanol–water partition coefficient (Wildman–Crippen LogP) is 2.96. The van der Waals surface area contributed by atoms with Crippen LogP contribution in [0.4, 0.5) is 0 Å². The van der Waals surface area contributed by atoms with E-state index >= 15 is 0 Å². The minimum Gasteiger partial charge on any atom is -0.497 e. The second kappa shape index (κ2) is 9.68. The van der Waals surface area contributed by atoms with Crippen molar-refractivity contribution in [1.82, 2.24) is 24.1 Å². The molecule has 0 saturated heterocycles. The summed E-state index contributed by atoms with van der Waals surface area (Å²) < 4.78 is 8.98. The number of rotatable bonds is 7. The number of hydrogen-bond donors (Lipinski definition) is 1. The Balaban J connectivity index is 1.63. The van der Waals surface area contributed by atoms with Gasteiger partial charge in [0.1, 0.15) is 12.3 Å². The number of ether oxygens (including phenoxy) is 1. The lowest BCUT2D eigenvalue weighted by Gasteiger charge is -2.14. The molecule has 0 bridgehead atoms. The molecule has 0 radical (unpaired) electrons. The van der Waals surface area contributed by atoms with Crippen LogP contribution in [-0.2, 0) is 6.54 Å². The van der Waals surface area contributed by atoms with E-state index < -0.39 is 5.69 Å². The average molecular weight is 504 g/mol. The van der Waals surface area contributed by atoms with Gasteiger partial charge in [0.2, 0.25) is 5.78 Å². The van der Waals surface area contributed by atoms with Crippen molar-refractivity contribution < 1.29 is 14.3 Å². The van der Waals surface area contributed by atoms with Crippen LogP contribution < -0.4 is 21.3 Å². The van der Waals surface area contributed by atoms with Gasteiger partial charge < -0.3 is 10.1 Å². The Morgan fingerprint density at radius 1 is 1.08 bits per heavy atom. The van der Waals surface area contributed by atoms with Gasteiger partial charge in [0, 0.05) is 23.2 Å². The maximum absolute atomic E-state index is 13.5. The fourth-order valence-corrected chi connectivity index (χ4v) is 4.95. The molecule has 1 saturated carbocycles. The van der Waals surface area contributed by atoms with Crippen LogP contribution in [0.3, 0.4) is 0 Å². The summed E-state index contributed by atoms with van der Waals surface area (Å²) in [6, 6.07) is 11.2. The molecule has 0 aliphatic heterocycles. The van der Waals surface area contributed by atoms with E-state index in [4.69, 9.17) is 4.74 Å². The van der Waals surface area contributed by atoms with Crippen LogP contribution in [0.15, 0.2) is 52.1 Å². The Labute approximate surface area is 212 Å². The SMILES string of the molecule is COc1cccc(C(=O)Cn2nc3n(C(C)C)c(=O)c4ccc(C(=O)NC5CCCC5)cc4n3c2=O)c1. The van der Waals surface area contributed by atoms with Crippen molar-refractivity contribution in [2.75, 3.05) is 7.11 Å². The second-order valence-corrected chi connectivity index (χ2v) is 9.69. The van der Waals surface area contributed by atoms with Crippen molar-refractivity contribution in [2.24, 2.45) is 0 Å². The fraction of sp³-hybridized carbons (Fsp3) is 0.370. The zero-order valence-electron chi connectivity index (χ0n) is 21.1. The highest BCUT2D eigenvalue weighted by atomic mass is 16.5. The first-order valence-corrected chi connectivity index (χ1v) is 12.4. The number of nitrogens with one attached hydrogen (secondary N) is 1. The Morgan fingerprint density at radius 3 is 2.54 bits per heavy atom. The van der Waals surface area contributed by atoms with E-state index in [-0.39, 0.29) is 47.2 Å². The number of methoxy groups -OCH3 is 1. The van der Waals surface area contributed by atoms with Crippen LogP contribution in [0.2, 0.25) is 0 Å². The van der Waals surface area contributed by atoms with E-state index in [0.717, 1.165) is 30.4 Å². The molecule has 1 aliphatic carbocycles. The highest BCUT2D eigenvalue weighted by Crippen LogP contribution is 2.20. The number of carbonyl (C=O) groups excluding carboxylic acids is 2. The molecule has 10 heteroatoms. The van der Waals surface area contributed by atoms with E-state index in [9.17, 15) is 19.2 Å². The predicted molar refractivity (Wildman–Crippen MR) is 139 cm³/mol. The fourth-order valence-electron chi connectivity index (χ4n) is 4.95. The van der Waals surface area contributed by atoms with Gasteiger partial charge in [0.25, 0.3) is 11.5 Å². The average Bonchev–Trinajstić information content (AvgIpc) is 3.51. The molecule has 4 aromatic rings. The molecule has 1 fully saturated rings. The van der Waals surface area contributed by atoms with E-state index in [0.29, 0.717) is 22.3 Å². The summed E-state index contributed by atoms with van der Waals surface area (Å²) >= 11 is 0. The summed E-state index contributed by atoms with van der Waals surface area (Å²) in [6.07, 6.45) is 4.05. The highest BCUT2D eigenvalue weighted by molar-refractivity contribution is 5.98. The molecular weight excluding hydrogens is 474 g/mol. The van der Waals surface area contributed by atoms with Gasteiger partial charge in [-0.2, -0.15) is 0 Å². The Bertz CT molecular complexity index is 1640. The quantitative estimate of drug-likeness (QED) is 0.388. The summed E-state index contributed by atoms with van der Waals surface area (Å²) in [6.45, 7) is 3.33. The van der Waals surface area contributed by atoms with Gasteiger partial charge in [-0.1, -0.05) is 25.0 Å².